The minimum atomic E-state index is 0.356. The van der Waals surface area contributed by atoms with Crippen molar-refractivity contribution in [3.63, 3.8) is 0 Å². The van der Waals surface area contributed by atoms with Crippen LogP contribution in [0, 0.1) is 5.41 Å². The lowest BCUT2D eigenvalue weighted by atomic mass is 10.6. The largest absolute Gasteiger partial charge is 0.321 e. The molecule has 0 atom stereocenters. The van der Waals surface area contributed by atoms with Crippen LogP contribution < -0.4 is 5.49 Å². The Bertz CT molecular complexity index is 265. The van der Waals surface area contributed by atoms with Crippen LogP contribution >= 0.6 is 11.6 Å². The molecule has 1 aromatic rings. The minimum absolute atomic E-state index is 0.356. The summed E-state index contributed by atoms with van der Waals surface area (Å²) < 4.78 is 1.58. The van der Waals surface area contributed by atoms with Gasteiger partial charge in [-0.3, -0.25) is 5.41 Å². The first-order valence-corrected chi connectivity index (χ1v) is 2.81. The molecule has 3 nitrogen and oxygen atoms in total. The quantitative estimate of drug-likeness (QED) is 0.530. The summed E-state index contributed by atoms with van der Waals surface area (Å²) in [5.74, 6) is 0. The fourth-order valence-electron chi connectivity index (χ4n) is 0.456. The van der Waals surface area contributed by atoms with E-state index < -0.39 is 0 Å². The fourth-order valence-corrected chi connectivity index (χ4v) is 0.603. The Hall–Kier alpha value is -0.830. The van der Waals surface area contributed by atoms with Crippen LogP contribution in [-0.4, -0.2) is 9.55 Å². The monoisotopic (exact) mass is 143 g/mol. The molecule has 0 aliphatic heterocycles. The summed E-state index contributed by atoms with van der Waals surface area (Å²) in [5.41, 5.74) is 0.356. The summed E-state index contributed by atoms with van der Waals surface area (Å²) in [6, 6.07) is 1.49. The molecular weight excluding hydrogens is 138 g/mol. The third-order valence-corrected chi connectivity index (χ3v) is 1.20. The normalized spacial score (nSPS) is 9.56. The van der Waals surface area contributed by atoms with Gasteiger partial charge in [-0.2, -0.15) is 0 Å². The van der Waals surface area contributed by atoms with Crippen LogP contribution in [0.1, 0.15) is 0 Å². The van der Waals surface area contributed by atoms with Gasteiger partial charge in [0.1, 0.15) is 10.6 Å². The summed E-state index contributed by atoms with van der Waals surface area (Å²) in [4.78, 5) is 3.75. The number of hydrogen-bond acceptors (Lipinski definition) is 2. The Balaban J connectivity index is 3.34. The van der Waals surface area contributed by atoms with E-state index in [1.807, 2.05) is 0 Å². The van der Waals surface area contributed by atoms with E-state index in [1.165, 1.54) is 12.4 Å². The highest BCUT2D eigenvalue weighted by Gasteiger charge is 1.86. The molecular formula is C5H6ClN3. The van der Waals surface area contributed by atoms with Gasteiger partial charge in [-0.1, -0.05) is 11.6 Å². The topological polar surface area (TPSA) is 41.7 Å². The molecule has 0 radical (unpaired) electrons. The van der Waals surface area contributed by atoms with Gasteiger partial charge in [-0.15, -0.1) is 0 Å². The van der Waals surface area contributed by atoms with Gasteiger partial charge in [0.25, 0.3) is 0 Å². The van der Waals surface area contributed by atoms with Crippen LogP contribution in [-0.2, 0) is 7.05 Å². The van der Waals surface area contributed by atoms with E-state index in [0.29, 0.717) is 10.6 Å². The summed E-state index contributed by atoms with van der Waals surface area (Å²) in [7, 11) is 1.74. The van der Waals surface area contributed by atoms with Crippen LogP contribution in [0.5, 0.6) is 0 Å². The Morgan fingerprint density at radius 2 is 2.44 bits per heavy atom. The lowest BCUT2D eigenvalue weighted by Crippen LogP contribution is -2.15. The number of aromatic nitrogens is 2. The molecule has 48 valence electrons. The molecule has 9 heavy (non-hydrogen) atoms. The van der Waals surface area contributed by atoms with Gasteiger partial charge in [0, 0.05) is 13.1 Å². The highest BCUT2D eigenvalue weighted by molar-refractivity contribution is 6.29. The SMILES string of the molecule is Cn1cnc(Cl)cc1=N. The van der Waals surface area contributed by atoms with E-state index in [9.17, 15) is 0 Å². The number of rotatable bonds is 0. The maximum absolute atomic E-state index is 7.20. The fraction of sp³-hybridized carbons (Fsp3) is 0.200. The molecule has 0 aliphatic carbocycles. The van der Waals surface area contributed by atoms with E-state index in [-0.39, 0.29) is 0 Å². The minimum Gasteiger partial charge on any atom is -0.321 e. The van der Waals surface area contributed by atoms with Gasteiger partial charge in [0.2, 0.25) is 0 Å². The highest BCUT2D eigenvalue weighted by atomic mass is 35.5. The van der Waals surface area contributed by atoms with E-state index >= 15 is 0 Å². The maximum atomic E-state index is 7.20. The summed E-state index contributed by atoms with van der Waals surface area (Å²) in [5, 5.41) is 7.56. The lowest BCUT2D eigenvalue weighted by Gasteiger charge is -1.94. The Labute approximate surface area is 57.4 Å². The molecule has 0 amide bonds. The maximum Gasteiger partial charge on any atom is 0.134 e. The summed E-state index contributed by atoms with van der Waals surface area (Å²) in [6.07, 6.45) is 1.50. The molecule has 1 N–H and O–H groups in total. The van der Waals surface area contributed by atoms with Crippen molar-refractivity contribution in [2.24, 2.45) is 7.05 Å². The molecule has 0 spiro atoms. The second-order valence-corrected chi connectivity index (χ2v) is 2.10. The average molecular weight is 144 g/mol. The molecule has 0 aromatic carbocycles. The van der Waals surface area contributed by atoms with E-state index in [4.69, 9.17) is 17.0 Å². The van der Waals surface area contributed by atoms with E-state index in [0.717, 1.165) is 0 Å². The van der Waals surface area contributed by atoms with Crippen molar-refractivity contribution < 1.29 is 0 Å². The van der Waals surface area contributed by atoms with Gasteiger partial charge < -0.3 is 4.57 Å². The summed E-state index contributed by atoms with van der Waals surface area (Å²) in [6.45, 7) is 0. The number of nitrogens with one attached hydrogen (secondary N) is 1. The first-order valence-electron chi connectivity index (χ1n) is 2.43. The molecule has 1 rings (SSSR count). The number of halogens is 1. The van der Waals surface area contributed by atoms with Crippen molar-refractivity contribution >= 4 is 11.6 Å². The zero-order valence-electron chi connectivity index (χ0n) is 4.93. The van der Waals surface area contributed by atoms with Crippen LogP contribution in [0.3, 0.4) is 0 Å². The van der Waals surface area contributed by atoms with Crippen molar-refractivity contribution in [1.82, 2.24) is 9.55 Å². The molecule has 0 saturated heterocycles. The zero-order valence-corrected chi connectivity index (χ0v) is 5.68. The predicted octanol–water partition coefficient (Wildman–Crippen LogP) is 0.553. The van der Waals surface area contributed by atoms with Gasteiger partial charge in [0.15, 0.2) is 0 Å². The first-order chi connectivity index (χ1) is 4.20. The zero-order chi connectivity index (χ0) is 6.85. The molecule has 0 fully saturated rings. The first kappa shape index (κ1) is 6.29. The highest BCUT2D eigenvalue weighted by Crippen LogP contribution is 1.94. The molecule has 0 aliphatic rings. The summed E-state index contributed by atoms with van der Waals surface area (Å²) >= 11 is 5.47. The van der Waals surface area contributed by atoms with Crippen LogP contribution in [0.2, 0.25) is 5.15 Å². The smallest absolute Gasteiger partial charge is 0.134 e. The van der Waals surface area contributed by atoms with Gasteiger partial charge in [-0.05, 0) is 0 Å². The van der Waals surface area contributed by atoms with Crippen molar-refractivity contribution in [3.8, 4) is 0 Å². The van der Waals surface area contributed by atoms with Crippen molar-refractivity contribution in [3.05, 3.63) is 23.0 Å². The standard InChI is InChI=1S/C5H6ClN3/c1-9-3-8-4(6)2-5(9)7/h2-3,7H,1H3. The van der Waals surface area contributed by atoms with E-state index in [1.54, 1.807) is 11.6 Å². The van der Waals surface area contributed by atoms with Crippen molar-refractivity contribution in [1.29, 1.82) is 5.41 Å². The van der Waals surface area contributed by atoms with Crippen LogP contribution in [0.15, 0.2) is 12.4 Å². The predicted molar refractivity (Wildman–Crippen MR) is 34.1 cm³/mol. The van der Waals surface area contributed by atoms with Crippen LogP contribution in [0.25, 0.3) is 0 Å². The van der Waals surface area contributed by atoms with Gasteiger partial charge in [0.05, 0.1) is 6.33 Å². The van der Waals surface area contributed by atoms with Crippen molar-refractivity contribution in [2.75, 3.05) is 0 Å². The van der Waals surface area contributed by atoms with E-state index in [2.05, 4.69) is 4.98 Å². The lowest BCUT2D eigenvalue weighted by molar-refractivity contribution is 0.787. The third kappa shape index (κ3) is 1.29. The molecule has 0 saturated carbocycles. The molecule has 0 bridgehead atoms. The molecule has 1 heterocycles. The number of hydrogen-bond donors (Lipinski definition) is 1. The molecule has 1 aromatic heterocycles. The van der Waals surface area contributed by atoms with Gasteiger partial charge in [-0.25, -0.2) is 4.98 Å². The Morgan fingerprint density at radius 1 is 1.78 bits per heavy atom. The average Bonchev–Trinajstić information content (AvgIpc) is 1.80. The Kier molecular flexibility index (Phi) is 1.53. The number of nitrogens with zero attached hydrogens (tertiary/aromatic N) is 2. The Morgan fingerprint density at radius 3 is 2.89 bits per heavy atom. The van der Waals surface area contributed by atoms with Crippen LogP contribution in [0.4, 0.5) is 0 Å². The van der Waals surface area contributed by atoms with Gasteiger partial charge >= 0.3 is 0 Å². The third-order valence-electron chi connectivity index (χ3n) is 0.990. The second-order valence-electron chi connectivity index (χ2n) is 1.71. The second kappa shape index (κ2) is 2.19. The molecule has 4 heteroatoms. The number of aryl methyl sites for hydroxylation is 1. The van der Waals surface area contributed by atoms with Crippen molar-refractivity contribution in [2.45, 2.75) is 0 Å². The molecule has 0 unspecified atom stereocenters.